The van der Waals surface area contributed by atoms with Crippen molar-refractivity contribution < 1.29 is 9.32 Å². The molecule has 0 saturated carbocycles. The summed E-state index contributed by atoms with van der Waals surface area (Å²) in [6, 6.07) is 9.49. The third-order valence-electron chi connectivity index (χ3n) is 3.92. The molecule has 2 aromatic heterocycles. The maximum Gasteiger partial charge on any atom is 0.276 e. The van der Waals surface area contributed by atoms with Crippen LogP contribution < -0.4 is 0 Å². The van der Waals surface area contributed by atoms with Gasteiger partial charge < -0.3 is 9.42 Å². The number of hydrogen-bond donors (Lipinski definition) is 0. The lowest BCUT2D eigenvalue weighted by molar-refractivity contribution is 0.0784. The van der Waals surface area contributed by atoms with Crippen molar-refractivity contribution in [2.24, 2.45) is 0 Å². The first-order valence-electron chi connectivity index (χ1n) is 7.34. The summed E-state index contributed by atoms with van der Waals surface area (Å²) in [5.41, 5.74) is 1.15. The smallest absolute Gasteiger partial charge is 0.276 e. The zero-order valence-electron chi connectivity index (χ0n) is 12.2. The Kier molecular flexibility index (Phi) is 3.34. The van der Waals surface area contributed by atoms with Crippen LogP contribution in [0.3, 0.4) is 0 Å². The maximum absolute atomic E-state index is 12.6. The van der Waals surface area contributed by atoms with Crippen LogP contribution in [0.2, 0.25) is 0 Å². The summed E-state index contributed by atoms with van der Waals surface area (Å²) in [6.45, 7) is 1.22. The predicted molar refractivity (Wildman–Crippen MR) is 78.9 cm³/mol. The molecule has 1 amide bonds. The Morgan fingerprint density at radius 2 is 2.13 bits per heavy atom. The van der Waals surface area contributed by atoms with Crippen LogP contribution in [-0.4, -0.2) is 49.0 Å². The molecule has 3 aromatic rings. The summed E-state index contributed by atoms with van der Waals surface area (Å²) in [5, 5.41) is 12.3. The van der Waals surface area contributed by atoms with E-state index in [1.54, 1.807) is 4.90 Å². The molecule has 8 nitrogen and oxygen atoms in total. The van der Waals surface area contributed by atoms with Crippen molar-refractivity contribution in [2.45, 2.75) is 12.3 Å². The first-order chi connectivity index (χ1) is 11.3. The molecular formula is C15H14N6O2. The predicted octanol–water partition coefficient (Wildman–Crippen LogP) is 1.28. The van der Waals surface area contributed by atoms with E-state index in [0.717, 1.165) is 12.1 Å². The number of carbonyl (C=O) groups excluding carboxylic acids is 1. The van der Waals surface area contributed by atoms with Crippen LogP contribution in [0, 0.1) is 0 Å². The molecule has 8 heteroatoms. The number of carbonyl (C=O) groups is 1. The Morgan fingerprint density at radius 1 is 1.26 bits per heavy atom. The van der Waals surface area contributed by atoms with Crippen molar-refractivity contribution in [3.63, 3.8) is 0 Å². The second-order valence-corrected chi connectivity index (χ2v) is 5.38. The van der Waals surface area contributed by atoms with Crippen LogP contribution in [0.4, 0.5) is 0 Å². The molecule has 23 heavy (non-hydrogen) atoms. The van der Waals surface area contributed by atoms with Gasteiger partial charge in [-0.15, -0.1) is 5.10 Å². The van der Waals surface area contributed by atoms with Crippen LogP contribution in [0.25, 0.3) is 5.69 Å². The average Bonchev–Trinajstić information content (AvgIpc) is 3.35. The van der Waals surface area contributed by atoms with Gasteiger partial charge in [-0.1, -0.05) is 23.4 Å². The van der Waals surface area contributed by atoms with E-state index in [1.165, 1.54) is 17.4 Å². The van der Waals surface area contributed by atoms with Gasteiger partial charge in [-0.2, -0.15) is 14.9 Å². The first kappa shape index (κ1) is 13.6. The minimum Gasteiger partial charge on any atom is -0.343 e. The number of nitrogens with zero attached hydrogens (tertiary/aromatic N) is 6. The highest BCUT2D eigenvalue weighted by molar-refractivity contribution is 5.92. The van der Waals surface area contributed by atoms with Gasteiger partial charge in [0.15, 0.2) is 11.5 Å². The van der Waals surface area contributed by atoms with Crippen LogP contribution >= 0.6 is 0 Å². The van der Waals surface area contributed by atoms with Crippen LogP contribution in [0.1, 0.15) is 28.7 Å². The van der Waals surface area contributed by atoms with E-state index in [0.29, 0.717) is 24.6 Å². The van der Waals surface area contributed by atoms with Gasteiger partial charge in [0, 0.05) is 19.0 Å². The van der Waals surface area contributed by atoms with E-state index in [9.17, 15) is 4.79 Å². The fraction of sp³-hybridized carbons (Fsp3) is 0.267. The van der Waals surface area contributed by atoms with Gasteiger partial charge >= 0.3 is 0 Å². The third kappa shape index (κ3) is 2.59. The molecule has 1 atom stereocenters. The second kappa shape index (κ2) is 5.64. The molecule has 0 radical (unpaired) electrons. The lowest BCUT2D eigenvalue weighted by Gasteiger charge is -2.13. The monoisotopic (exact) mass is 310 g/mol. The summed E-state index contributed by atoms with van der Waals surface area (Å²) in [5.74, 6) is 0.633. The molecule has 3 heterocycles. The first-order valence-corrected chi connectivity index (χ1v) is 7.34. The zero-order chi connectivity index (χ0) is 15.6. The van der Waals surface area contributed by atoms with Gasteiger partial charge in [-0.25, -0.2) is 0 Å². The highest BCUT2D eigenvalue weighted by atomic mass is 16.5. The van der Waals surface area contributed by atoms with Crippen molar-refractivity contribution in [1.82, 2.24) is 30.0 Å². The molecule has 116 valence electrons. The average molecular weight is 310 g/mol. The van der Waals surface area contributed by atoms with Crippen LogP contribution in [-0.2, 0) is 0 Å². The number of aromatic nitrogens is 5. The van der Waals surface area contributed by atoms with Gasteiger partial charge in [-0.3, -0.25) is 4.79 Å². The topological polar surface area (TPSA) is 89.9 Å². The molecule has 0 unspecified atom stereocenters. The van der Waals surface area contributed by atoms with E-state index in [1.807, 2.05) is 30.3 Å². The van der Waals surface area contributed by atoms with Crippen molar-refractivity contribution in [3.8, 4) is 5.69 Å². The van der Waals surface area contributed by atoms with Crippen molar-refractivity contribution in [3.05, 3.63) is 54.4 Å². The van der Waals surface area contributed by atoms with Gasteiger partial charge in [0.2, 0.25) is 6.39 Å². The van der Waals surface area contributed by atoms with Crippen molar-refractivity contribution in [2.75, 3.05) is 13.1 Å². The molecule has 1 fully saturated rings. The summed E-state index contributed by atoms with van der Waals surface area (Å²) < 4.78 is 4.77. The quantitative estimate of drug-likeness (QED) is 0.724. The largest absolute Gasteiger partial charge is 0.343 e. The number of benzene rings is 1. The lowest BCUT2D eigenvalue weighted by atomic mass is 10.1. The molecule has 1 saturated heterocycles. The molecule has 1 aliphatic heterocycles. The summed E-state index contributed by atoms with van der Waals surface area (Å²) >= 11 is 0. The van der Waals surface area contributed by atoms with Crippen molar-refractivity contribution >= 4 is 5.91 Å². The van der Waals surface area contributed by atoms with Crippen LogP contribution in [0.15, 0.2) is 47.4 Å². The Morgan fingerprint density at radius 3 is 2.91 bits per heavy atom. The zero-order valence-corrected chi connectivity index (χ0v) is 12.2. The SMILES string of the molecule is O=C(c1cnn(-c2ccccc2)n1)N1CC[C@@H](c2ncon2)C1. The Labute approximate surface area is 131 Å². The fourth-order valence-electron chi connectivity index (χ4n) is 2.72. The summed E-state index contributed by atoms with van der Waals surface area (Å²) in [7, 11) is 0. The number of para-hydroxylation sites is 1. The molecule has 0 aliphatic carbocycles. The molecule has 0 bridgehead atoms. The fourth-order valence-corrected chi connectivity index (χ4v) is 2.72. The summed E-state index contributed by atoms with van der Waals surface area (Å²) in [4.78, 5) is 19.8. The van der Waals surface area contributed by atoms with Crippen LogP contribution in [0.5, 0.6) is 0 Å². The molecule has 0 spiro atoms. The minimum absolute atomic E-state index is 0.113. The van der Waals surface area contributed by atoms with E-state index in [2.05, 4.69) is 20.3 Å². The number of rotatable bonds is 3. The van der Waals surface area contributed by atoms with Gasteiger partial charge in [-0.05, 0) is 18.6 Å². The molecule has 1 aliphatic rings. The molecule has 0 N–H and O–H groups in total. The highest BCUT2D eigenvalue weighted by Gasteiger charge is 2.31. The van der Waals surface area contributed by atoms with E-state index in [-0.39, 0.29) is 11.8 Å². The lowest BCUT2D eigenvalue weighted by Crippen LogP contribution is -2.29. The normalized spacial score (nSPS) is 17.6. The van der Waals surface area contributed by atoms with E-state index < -0.39 is 0 Å². The Bertz CT molecular complexity index is 799. The van der Waals surface area contributed by atoms with Gasteiger partial charge in [0.25, 0.3) is 5.91 Å². The van der Waals surface area contributed by atoms with E-state index in [4.69, 9.17) is 4.52 Å². The third-order valence-corrected chi connectivity index (χ3v) is 3.92. The Balaban J connectivity index is 1.49. The van der Waals surface area contributed by atoms with Crippen molar-refractivity contribution in [1.29, 1.82) is 0 Å². The summed E-state index contributed by atoms with van der Waals surface area (Å²) in [6.07, 6.45) is 3.63. The number of likely N-dealkylation sites (tertiary alicyclic amines) is 1. The number of hydrogen-bond acceptors (Lipinski definition) is 6. The number of amides is 1. The molecule has 1 aromatic carbocycles. The molecular weight excluding hydrogens is 296 g/mol. The Hall–Kier alpha value is -3.03. The van der Waals surface area contributed by atoms with Gasteiger partial charge in [0.1, 0.15) is 0 Å². The maximum atomic E-state index is 12.6. The van der Waals surface area contributed by atoms with Gasteiger partial charge in [0.05, 0.1) is 11.9 Å². The second-order valence-electron chi connectivity index (χ2n) is 5.38. The minimum atomic E-state index is -0.127. The molecule has 4 rings (SSSR count). The van der Waals surface area contributed by atoms with E-state index >= 15 is 0 Å². The highest BCUT2D eigenvalue weighted by Crippen LogP contribution is 2.25. The standard InChI is InChI=1S/C15H14N6O2/c22-15(20-7-6-11(9-20)14-16-10-23-19-14)13-8-17-21(18-13)12-4-2-1-3-5-12/h1-5,8,10-11H,6-7,9H2/t11-/m1/s1.